The van der Waals surface area contributed by atoms with Gasteiger partial charge in [-0.1, -0.05) is 27.5 Å². The van der Waals surface area contributed by atoms with Crippen LogP contribution in [-0.4, -0.2) is 6.03 Å². The Morgan fingerprint density at radius 2 is 2.10 bits per heavy atom. The summed E-state index contributed by atoms with van der Waals surface area (Å²) in [6, 6.07) is 8.39. The van der Waals surface area contributed by atoms with Crippen molar-refractivity contribution in [1.29, 1.82) is 0 Å². The number of halogens is 2. The number of rotatable bonds is 3. The first kappa shape index (κ1) is 14.9. The minimum absolute atomic E-state index is 0.224. The Morgan fingerprint density at radius 1 is 1.35 bits per heavy atom. The Morgan fingerprint density at radius 3 is 2.70 bits per heavy atom. The number of hydrogen-bond acceptors (Lipinski definition) is 2. The Bertz CT molecular complexity index is 627. The van der Waals surface area contributed by atoms with Gasteiger partial charge >= 0.3 is 6.03 Å². The van der Waals surface area contributed by atoms with Gasteiger partial charge in [-0.2, -0.15) is 0 Å². The number of benzene rings is 1. The van der Waals surface area contributed by atoms with Gasteiger partial charge in [-0.3, -0.25) is 0 Å². The summed E-state index contributed by atoms with van der Waals surface area (Å²) >= 11 is 9.35. The van der Waals surface area contributed by atoms with E-state index in [2.05, 4.69) is 26.6 Å². The minimum atomic E-state index is -0.337. The van der Waals surface area contributed by atoms with Crippen LogP contribution in [0.3, 0.4) is 0 Å². The Balaban J connectivity index is 1.98. The lowest BCUT2D eigenvalue weighted by Crippen LogP contribution is -2.31. The highest BCUT2D eigenvalue weighted by Gasteiger charge is 2.13. The van der Waals surface area contributed by atoms with E-state index in [4.69, 9.17) is 16.0 Å². The van der Waals surface area contributed by atoms with Crippen LogP contribution in [0.2, 0.25) is 5.02 Å². The van der Waals surface area contributed by atoms with Gasteiger partial charge in [0, 0.05) is 4.47 Å². The standard InChI is InChI=1S/C14H14BrClN2O2/c1-8-3-6-13(20-8)9(2)17-14(19)18-12-5-4-10(15)7-11(12)16/h3-7,9H,1-2H3,(H2,17,18,19)/t9-/m1/s1. The van der Waals surface area contributed by atoms with Crippen LogP contribution in [0.5, 0.6) is 0 Å². The molecule has 20 heavy (non-hydrogen) atoms. The second-order valence-corrected chi connectivity index (χ2v) is 5.72. The van der Waals surface area contributed by atoms with E-state index in [-0.39, 0.29) is 12.1 Å². The van der Waals surface area contributed by atoms with Crippen LogP contribution in [0.25, 0.3) is 0 Å². The van der Waals surface area contributed by atoms with E-state index in [1.54, 1.807) is 18.2 Å². The van der Waals surface area contributed by atoms with Gasteiger partial charge in [-0.25, -0.2) is 4.79 Å². The molecule has 2 aromatic rings. The largest absolute Gasteiger partial charge is 0.464 e. The number of amides is 2. The van der Waals surface area contributed by atoms with E-state index in [1.165, 1.54) is 0 Å². The molecule has 0 spiro atoms. The van der Waals surface area contributed by atoms with Crippen LogP contribution in [0.4, 0.5) is 10.5 Å². The molecule has 0 radical (unpaired) electrons. The number of carbonyl (C=O) groups excluding carboxylic acids is 1. The maximum absolute atomic E-state index is 11.9. The monoisotopic (exact) mass is 356 g/mol. The number of aryl methyl sites for hydroxylation is 1. The summed E-state index contributed by atoms with van der Waals surface area (Å²) in [6.07, 6.45) is 0. The second kappa shape index (κ2) is 6.33. The number of furan rings is 1. The van der Waals surface area contributed by atoms with Crippen molar-refractivity contribution in [2.45, 2.75) is 19.9 Å². The molecule has 1 aromatic carbocycles. The summed E-state index contributed by atoms with van der Waals surface area (Å²) in [6.45, 7) is 3.71. The lowest BCUT2D eigenvalue weighted by molar-refractivity contribution is 0.247. The molecule has 0 saturated carbocycles. The molecule has 4 nitrogen and oxygen atoms in total. The van der Waals surface area contributed by atoms with Crippen LogP contribution in [0.1, 0.15) is 24.5 Å². The van der Waals surface area contributed by atoms with Gasteiger partial charge in [0.2, 0.25) is 0 Å². The van der Waals surface area contributed by atoms with Crippen LogP contribution >= 0.6 is 27.5 Å². The normalized spacial score (nSPS) is 12.0. The molecule has 2 amide bonds. The summed E-state index contributed by atoms with van der Waals surface area (Å²) < 4.78 is 6.32. The summed E-state index contributed by atoms with van der Waals surface area (Å²) in [4.78, 5) is 11.9. The summed E-state index contributed by atoms with van der Waals surface area (Å²) in [7, 11) is 0. The van der Waals surface area contributed by atoms with Gasteiger partial charge < -0.3 is 15.1 Å². The second-order valence-electron chi connectivity index (χ2n) is 4.39. The van der Waals surface area contributed by atoms with E-state index in [9.17, 15) is 4.79 Å². The first-order valence-corrected chi connectivity index (χ1v) is 7.21. The molecule has 106 valence electrons. The first-order valence-electron chi connectivity index (χ1n) is 6.04. The van der Waals surface area contributed by atoms with Crippen molar-refractivity contribution in [2.75, 3.05) is 5.32 Å². The van der Waals surface area contributed by atoms with Crippen LogP contribution in [-0.2, 0) is 0 Å². The van der Waals surface area contributed by atoms with Crippen molar-refractivity contribution in [1.82, 2.24) is 5.32 Å². The van der Waals surface area contributed by atoms with Crippen molar-refractivity contribution in [3.05, 3.63) is 51.3 Å². The fourth-order valence-electron chi connectivity index (χ4n) is 1.70. The van der Waals surface area contributed by atoms with Crippen molar-refractivity contribution in [2.24, 2.45) is 0 Å². The number of carbonyl (C=O) groups is 1. The third-order valence-electron chi connectivity index (χ3n) is 2.71. The molecule has 6 heteroatoms. The van der Waals surface area contributed by atoms with Gasteiger partial charge in [0.1, 0.15) is 11.5 Å². The summed E-state index contributed by atoms with van der Waals surface area (Å²) in [5.41, 5.74) is 0.551. The van der Waals surface area contributed by atoms with Crippen molar-refractivity contribution in [3.8, 4) is 0 Å². The Hall–Kier alpha value is -1.46. The lowest BCUT2D eigenvalue weighted by atomic mass is 10.2. The minimum Gasteiger partial charge on any atom is -0.464 e. The molecular weight excluding hydrogens is 344 g/mol. The Kier molecular flexibility index (Phi) is 4.73. The molecule has 0 aliphatic heterocycles. The number of anilines is 1. The van der Waals surface area contributed by atoms with Crippen LogP contribution in [0, 0.1) is 6.92 Å². The van der Waals surface area contributed by atoms with Gasteiger partial charge in [0.15, 0.2) is 0 Å². The predicted molar refractivity (Wildman–Crippen MR) is 83.2 cm³/mol. The van der Waals surface area contributed by atoms with Crippen molar-refractivity contribution in [3.63, 3.8) is 0 Å². The smallest absolute Gasteiger partial charge is 0.319 e. The van der Waals surface area contributed by atoms with Gasteiger partial charge in [0.05, 0.1) is 16.8 Å². The fraction of sp³-hybridized carbons (Fsp3) is 0.214. The molecule has 0 aliphatic rings. The zero-order valence-electron chi connectivity index (χ0n) is 11.0. The van der Waals surface area contributed by atoms with Crippen LogP contribution in [0.15, 0.2) is 39.2 Å². The molecule has 2 rings (SSSR count). The average Bonchev–Trinajstić information content (AvgIpc) is 2.79. The molecule has 1 atom stereocenters. The number of urea groups is 1. The average molecular weight is 358 g/mol. The predicted octanol–water partition coefficient (Wildman–Crippen LogP) is 4.89. The maximum Gasteiger partial charge on any atom is 0.319 e. The molecule has 0 saturated heterocycles. The van der Waals surface area contributed by atoms with Crippen molar-refractivity contribution < 1.29 is 9.21 Å². The van der Waals surface area contributed by atoms with E-state index in [0.717, 1.165) is 10.2 Å². The lowest BCUT2D eigenvalue weighted by Gasteiger charge is -2.13. The van der Waals surface area contributed by atoms with Gasteiger partial charge in [-0.15, -0.1) is 0 Å². The molecule has 0 aliphatic carbocycles. The molecule has 1 heterocycles. The Labute approximate surface area is 130 Å². The van der Waals surface area contributed by atoms with E-state index >= 15 is 0 Å². The zero-order chi connectivity index (χ0) is 14.7. The number of hydrogen-bond donors (Lipinski definition) is 2. The third-order valence-corrected chi connectivity index (χ3v) is 3.52. The SMILES string of the molecule is Cc1ccc([C@@H](C)NC(=O)Nc2ccc(Br)cc2Cl)o1. The van der Waals surface area contributed by atoms with E-state index in [0.29, 0.717) is 16.5 Å². The quantitative estimate of drug-likeness (QED) is 0.822. The van der Waals surface area contributed by atoms with Crippen LogP contribution < -0.4 is 10.6 Å². The summed E-state index contributed by atoms with van der Waals surface area (Å²) in [5.74, 6) is 1.52. The topological polar surface area (TPSA) is 54.3 Å². The number of nitrogens with one attached hydrogen (secondary N) is 2. The third kappa shape index (κ3) is 3.77. The van der Waals surface area contributed by atoms with Crippen molar-refractivity contribution >= 4 is 39.2 Å². The highest BCUT2D eigenvalue weighted by Crippen LogP contribution is 2.25. The highest BCUT2D eigenvalue weighted by molar-refractivity contribution is 9.10. The molecule has 0 bridgehead atoms. The highest BCUT2D eigenvalue weighted by atomic mass is 79.9. The van der Waals surface area contributed by atoms with Gasteiger partial charge in [0.25, 0.3) is 0 Å². The van der Waals surface area contributed by atoms with E-state index < -0.39 is 0 Å². The molecular formula is C14H14BrClN2O2. The molecule has 1 aromatic heterocycles. The molecule has 0 unspecified atom stereocenters. The fourth-order valence-corrected chi connectivity index (χ4v) is 2.42. The van der Waals surface area contributed by atoms with E-state index in [1.807, 2.05) is 26.0 Å². The summed E-state index contributed by atoms with van der Waals surface area (Å²) in [5, 5.41) is 5.95. The molecule has 0 fully saturated rings. The zero-order valence-corrected chi connectivity index (χ0v) is 13.4. The van der Waals surface area contributed by atoms with Gasteiger partial charge in [-0.05, 0) is 44.2 Å². The first-order chi connectivity index (χ1) is 9.45. The molecule has 2 N–H and O–H groups in total. The maximum atomic E-state index is 11.9.